The molecular formula is C12H12ClN3O. The second-order valence-electron chi connectivity index (χ2n) is 3.64. The maximum Gasteiger partial charge on any atom is 0.176 e. The summed E-state index contributed by atoms with van der Waals surface area (Å²) in [7, 11) is 0. The van der Waals surface area contributed by atoms with Crippen molar-refractivity contribution in [3.05, 3.63) is 47.0 Å². The Morgan fingerprint density at radius 3 is 2.82 bits per heavy atom. The van der Waals surface area contributed by atoms with Crippen molar-refractivity contribution in [1.82, 2.24) is 9.55 Å². The van der Waals surface area contributed by atoms with Crippen molar-refractivity contribution in [2.75, 3.05) is 6.54 Å². The summed E-state index contributed by atoms with van der Waals surface area (Å²) in [5.41, 5.74) is 6.63. The Balaban J connectivity index is 2.46. The molecule has 1 aromatic heterocycles. The second kappa shape index (κ2) is 4.69. The van der Waals surface area contributed by atoms with Crippen molar-refractivity contribution in [3.63, 3.8) is 0 Å². The van der Waals surface area contributed by atoms with Gasteiger partial charge in [-0.25, -0.2) is 4.98 Å². The first kappa shape index (κ1) is 11.8. The highest BCUT2D eigenvalue weighted by molar-refractivity contribution is 6.32. The van der Waals surface area contributed by atoms with Crippen LogP contribution in [-0.2, 0) is 0 Å². The van der Waals surface area contributed by atoms with Crippen LogP contribution in [0.25, 0.3) is 5.69 Å². The monoisotopic (exact) mass is 249 g/mol. The number of aromatic nitrogens is 2. The van der Waals surface area contributed by atoms with Gasteiger partial charge in [0.05, 0.1) is 17.3 Å². The van der Waals surface area contributed by atoms with E-state index in [2.05, 4.69) is 4.98 Å². The van der Waals surface area contributed by atoms with Crippen molar-refractivity contribution in [1.29, 1.82) is 0 Å². The highest BCUT2D eigenvalue weighted by atomic mass is 35.5. The molecule has 2 N–H and O–H groups in total. The SMILES string of the molecule is Cc1nccn1-c1ccc(C(=O)CN)cc1Cl. The van der Waals surface area contributed by atoms with Crippen molar-refractivity contribution < 1.29 is 4.79 Å². The lowest BCUT2D eigenvalue weighted by molar-refractivity contribution is 0.100. The lowest BCUT2D eigenvalue weighted by Gasteiger charge is -2.08. The average molecular weight is 250 g/mol. The highest BCUT2D eigenvalue weighted by Gasteiger charge is 2.09. The van der Waals surface area contributed by atoms with E-state index in [0.29, 0.717) is 10.6 Å². The molecule has 1 aromatic carbocycles. The summed E-state index contributed by atoms with van der Waals surface area (Å²) in [5.74, 6) is 0.714. The maximum absolute atomic E-state index is 11.4. The molecule has 0 amide bonds. The standard InChI is InChI=1S/C12H12ClN3O/c1-8-15-4-5-16(8)11-3-2-9(6-10(11)13)12(17)7-14/h2-6H,7,14H2,1H3. The largest absolute Gasteiger partial charge is 0.324 e. The van der Waals surface area contributed by atoms with E-state index in [9.17, 15) is 4.79 Å². The first-order valence-electron chi connectivity index (χ1n) is 5.16. The lowest BCUT2D eigenvalue weighted by Crippen LogP contribution is -2.13. The molecule has 88 valence electrons. The van der Waals surface area contributed by atoms with Crippen LogP contribution in [0.4, 0.5) is 0 Å². The number of ketones is 1. The van der Waals surface area contributed by atoms with Crippen LogP contribution in [0.15, 0.2) is 30.6 Å². The molecule has 0 saturated heterocycles. The van der Waals surface area contributed by atoms with Gasteiger partial charge in [-0.2, -0.15) is 0 Å². The van der Waals surface area contributed by atoms with E-state index in [1.807, 2.05) is 17.7 Å². The summed E-state index contributed by atoms with van der Waals surface area (Å²) in [6.45, 7) is 1.87. The van der Waals surface area contributed by atoms with Crippen molar-refractivity contribution in [2.24, 2.45) is 5.73 Å². The molecule has 0 fully saturated rings. The van der Waals surface area contributed by atoms with E-state index in [1.165, 1.54) is 0 Å². The predicted molar refractivity (Wildman–Crippen MR) is 66.7 cm³/mol. The number of halogens is 1. The Bertz CT molecular complexity index is 563. The van der Waals surface area contributed by atoms with E-state index in [0.717, 1.165) is 11.5 Å². The van der Waals surface area contributed by atoms with Gasteiger partial charge in [-0.05, 0) is 25.1 Å². The van der Waals surface area contributed by atoms with E-state index in [1.54, 1.807) is 24.4 Å². The normalized spacial score (nSPS) is 10.5. The third-order valence-corrected chi connectivity index (χ3v) is 2.84. The van der Waals surface area contributed by atoms with Crippen LogP contribution in [0.1, 0.15) is 16.2 Å². The Morgan fingerprint density at radius 2 is 2.29 bits per heavy atom. The number of hydrogen-bond donors (Lipinski definition) is 1. The van der Waals surface area contributed by atoms with Crippen LogP contribution in [0.2, 0.25) is 5.02 Å². The van der Waals surface area contributed by atoms with Crippen molar-refractivity contribution in [3.8, 4) is 5.69 Å². The molecule has 0 radical (unpaired) electrons. The summed E-state index contributed by atoms with van der Waals surface area (Å²) in [5, 5.41) is 0.505. The zero-order chi connectivity index (χ0) is 12.4. The van der Waals surface area contributed by atoms with Gasteiger partial charge >= 0.3 is 0 Å². The zero-order valence-electron chi connectivity index (χ0n) is 9.35. The highest BCUT2D eigenvalue weighted by Crippen LogP contribution is 2.23. The van der Waals surface area contributed by atoms with Gasteiger partial charge in [0.15, 0.2) is 5.78 Å². The number of benzene rings is 1. The first-order valence-corrected chi connectivity index (χ1v) is 5.54. The summed E-state index contributed by atoms with van der Waals surface area (Å²) in [6, 6.07) is 5.14. The number of nitrogens with zero attached hydrogens (tertiary/aromatic N) is 2. The Labute approximate surface area is 104 Å². The van der Waals surface area contributed by atoms with Gasteiger partial charge in [-0.1, -0.05) is 11.6 Å². The molecular weight excluding hydrogens is 238 g/mol. The summed E-state index contributed by atoms with van der Waals surface area (Å²) >= 11 is 6.15. The van der Waals surface area contributed by atoms with Crippen LogP contribution in [-0.4, -0.2) is 21.9 Å². The van der Waals surface area contributed by atoms with E-state index in [-0.39, 0.29) is 12.3 Å². The molecule has 0 bridgehead atoms. The van der Waals surface area contributed by atoms with E-state index < -0.39 is 0 Å². The molecule has 2 aromatic rings. The minimum Gasteiger partial charge on any atom is -0.324 e. The topological polar surface area (TPSA) is 60.9 Å². The minimum absolute atomic E-state index is 0.0141. The number of aryl methyl sites for hydroxylation is 1. The van der Waals surface area contributed by atoms with Gasteiger partial charge in [0.25, 0.3) is 0 Å². The van der Waals surface area contributed by atoms with E-state index in [4.69, 9.17) is 17.3 Å². The number of nitrogens with two attached hydrogens (primary N) is 1. The quantitative estimate of drug-likeness (QED) is 0.846. The molecule has 0 aliphatic heterocycles. The Kier molecular flexibility index (Phi) is 3.26. The van der Waals surface area contributed by atoms with Crippen LogP contribution in [0, 0.1) is 6.92 Å². The number of rotatable bonds is 3. The van der Waals surface area contributed by atoms with Crippen LogP contribution in [0.5, 0.6) is 0 Å². The smallest absolute Gasteiger partial charge is 0.176 e. The number of Topliss-reactive ketones (excluding diaryl/α,β-unsaturated/α-hetero) is 1. The first-order chi connectivity index (χ1) is 8.13. The Morgan fingerprint density at radius 1 is 1.53 bits per heavy atom. The van der Waals surface area contributed by atoms with Gasteiger partial charge in [-0.3, -0.25) is 4.79 Å². The molecule has 0 aliphatic rings. The zero-order valence-corrected chi connectivity index (χ0v) is 10.1. The third-order valence-electron chi connectivity index (χ3n) is 2.54. The van der Waals surface area contributed by atoms with Gasteiger partial charge in [0.1, 0.15) is 5.82 Å². The van der Waals surface area contributed by atoms with E-state index >= 15 is 0 Å². The number of hydrogen-bond acceptors (Lipinski definition) is 3. The molecule has 5 heteroatoms. The average Bonchev–Trinajstić information content (AvgIpc) is 2.74. The molecule has 17 heavy (non-hydrogen) atoms. The van der Waals surface area contributed by atoms with Gasteiger partial charge in [0.2, 0.25) is 0 Å². The fraction of sp³-hybridized carbons (Fsp3) is 0.167. The fourth-order valence-electron chi connectivity index (χ4n) is 1.63. The molecule has 0 atom stereocenters. The Hall–Kier alpha value is -1.65. The number of carbonyl (C=O) groups is 1. The molecule has 1 heterocycles. The summed E-state index contributed by atoms with van der Waals surface area (Å²) in [4.78, 5) is 15.6. The predicted octanol–water partition coefficient (Wildman–Crippen LogP) is 1.98. The molecule has 2 rings (SSSR count). The van der Waals surface area contributed by atoms with Crippen LogP contribution in [0.3, 0.4) is 0 Å². The molecule has 0 unspecified atom stereocenters. The van der Waals surface area contributed by atoms with Gasteiger partial charge < -0.3 is 10.3 Å². The number of carbonyl (C=O) groups excluding carboxylic acids is 1. The molecule has 0 aliphatic carbocycles. The van der Waals surface area contributed by atoms with Crippen LogP contribution < -0.4 is 5.73 Å². The third kappa shape index (κ3) is 2.23. The molecule has 0 spiro atoms. The van der Waals surface area contributed by atoms with Gasteiger partial charge in [-0.15, -0.1) is 0 Å². The minimum atomic E-state index is -0.124. The second-order valence-corrected chi connectivity index (χ2v) is 4.05. The summed E-state index contributed by atoms with van der Waals surface area (Å²) < 4.78 is 1.86. The summed E-state index contributed by atoms with van der Waals surface area (Å²) in [6.07, 6.45) is 3.52. The molecule has 0 saturated carbocycles. The van der Waals surface area contributed by atoms with Crippen molar-refractivity contribution >= 4 is 17.4 Å². The number of imidazole rings is 1. The molecule has 4 nitrogen and oxygen atoms in total. The van der Waals surface area contributed by atoms with Gasteiger partial charge in [0, 0.05) is 18.0 Å². The van der Waals surface area contributed by atoms with Crippen LogP contribution >= 0.6 is 11.6 Å². The lowest BCUT2D eigenvalue weighted by atomic mass is 10.1. The van der Waals surface area contributed by atoms with Crippen molar-refractivity contribution in [2.45, 2.75) is 6.92 Å². The fourth-order valence-corrected chi connectivity index (χ4v) is 1.90. The maximum atomic E-state index is 11.4.